The number of rotatable bonds is 2. The SMILES string of the molecule is c1ccc(C2CN(C3CC3)CCN2)cc1. The second-order valence-electron chi connectivity index (χ2n) is 4.64. The summed E-state index contributed by atoms with van der Waals surface area (Å²) < 4.78 is 0. The van der Waals surface area contributed by atoms with E-state index < -0.39 is 0 Å². The zero-order valence-corrected chi connectivity index (χ0v) is 9.02. The smallest absolute Gasteiger partial charge is 0.0449 e. The zero-order valence-electron chi connectivity index (χ0n) is 9.02. The second-order valence-corrected chi connectivity index (χ2v) is 4.64. The van der Waals surface area contributed by atoms with Crippen molar-refractivity contribution in [3.8, 4) is 0 Å². The van der Waals surface area contributed by atoms with Gasteiger partial charge in [0.25, 0.3) is 0 Å². The molecule has 1 atom stereocenters. The third-order valence-corrected chi connectivity index (χ3v) is 3.47. The van der Waals surface area contributed by atoms with Gasteiger partial charge in [0.2, 0.25) is 0 Å². The summed E-state index contributed by atoms with van der Waals surface area (Å²) in [4.78, 5) is 2.65. The molecular formula is C13H18N2. The molecule has 15 heavy (non-hydrogen) atoms. The first-order valence-corrected chi connectivity index (χ1v) is 5.96. The predicted octanol–water partition coefficient (Wildman–Crippen LogP) is 1.80. The fourth-order valence-corrected chi connectivity index (χ4v) is 2.45. The summed E-state index contributed by atoms with van der Waals surface area (Å²) in [5.41, 5.74) is 1.43. The summed E-state index contributed by atoms with van der Waals surface area (Å²) in [7, 11) is 0. The molecule has 1 heterocycles. The van der Waals surface area contributed by atoms with Crippen LogP contribution in [0.2, 0.25) is 0 Å². The van der Waals surface area contributed by atoms with Gasteiger partial charge in [-0.05, 0) is 18.4 Å². The van der Waals surface area contributed by atoms with Crippen LogP contribution in [0.5, 0.6) is 0 Å². The van der Waals surface area contributed by atoms with Crippen LogP contribution in [0.1, 0.15) is 24.4 Å². The van der Waals surface area contributed by atoms with Crippen LogP contribution < -0.4 is 5.32 Å². The van der Waals surface area contributed by atoms with E-state index in [0.717, 1.165) is 12.6 Å². The molecule has 0 bridgehead atoms. The lowest BCUT2D eigenvalue weighted by Gasteiger charge is -2.34. The Kier molecular flexibility index (Phi) is 2.47. The third-order valence-electron chi connectivity index (χ3n) is 3.47. The maximum absolute atomic E-state index is 3.61. The van der Waals surface area contributed by atoms with Crippen LogP contribution in [0.3, 0.4) is 0 Å². The van der Waals surface area contributed by atoms with Crippen molar-refractivity contribution in [3.05, 3.63) is 35.9 Å². The van der Waals surface area contributed by atoms with Crippen molar-refractivity contribution < 1.29 is 0 Å². The van der Waals surface area contributed by atoms with Gasteiger partial charge in [0.1, 0.15) is 0 Å². The van der Waals surface area contributed by atoms with Gasteiger partial charge < -0.3 is 5.32 Å². The summed E-state index contributed by atoms with van der Waals surface area (Å²) in [6.45, 7) is 3.55. The molecule has 80 valence electrons. The monoisotopic (exact) mass is 202 g/mol. The molecule has 1 saturated carbocycles. The van der Waals surface area contributed by atoms with Gasteiger partial charge in [-0.15, -0.1) is 0 Å². The minimum absolute atomic E-state index is 0.542. The lowest BCUT2D eigenvalue weighted by Crippen LogP contribution is -2.46. The zero-order chi connectivity index (χ0) is 10.1. The normalized spacial score (nSPS) is 27.9. The Hall–Kier alpha value is -0.860. The minimum Gasteiger partial charge on any atom is -0.308 e. The molecule has 1 aliphatic heterocycles. The molecule has 0 spiro atoms. The van der Waals surface area contributed by atoms with Crippen LogP contribution in [0.15, 0.2) is 30.3 Å². The molecule has 2 nitrogen and oxygen atoms in total. The highest BCUT2D eigenvalue weighted by molar-refractivity contribution is 5.20. The summed E-state index contributed by atoms with van der Waals surface area (Å²) in [6.07, 6.45) is 2.84. The summed E-state index contributed by atoms with van der Waals surface area (Å²) in [5.74, 6) is 0. The van der Waals surface area contributed by atoms with Gasteiger partial charge in [0.05, 0.1) is 0 Å². The molecule has 2 aliphatic rings. The molecular weight excluding hydrogens is 184 g/mol. The van der Waals surface area contributed by atoms with Gasteiger partial charge in [-0.2, -0.15) is 0 Å². The number of nitrogens with one attached hydrogen (secondary N) is 1. The van der Waals surface area contributed by atoms with Crippen molar-refractivity contribution in [2.45, 2.75) is 24.9 Å². The molecule has 1 N–H and O–H groups in total. The van der Waals surface area contributed by atoms with E-state index in [1.165, 1.54) is 31.5 Å². The van der Waals surface area contributed by atoms with E-state index in [2.05, 4.69) is 40.5 Å². The van der Waals surface area contributed by atoms with Crippen LogP contribution in [-0.2, 0) is 0 Å². The Morgan fingerprint density at radius 2 is 1.93 bits per heavy atom. The topological polar surface area (TPSA) is 15.3 Å². The lowest BCUT2D eigenvalue weighted by molar-refractivity contribution is 0.192. The van der Waals surface area contributed by atoms with Gasteiger partial charge in [-0.25, -0.2) is 0 Å². The van der Waals surface area contributed by atoms with Gasteiger partial charge in [-0.3, -0.25) is 4.90 Å². The van der Waals surface area contributed by atoms with Crippen molar-refractivity contribution in [1.82, 2.24) is 10.2 Å². The Morgan fingerprint density at radius 3 is 2.67 bits per heavy atom. The van der Waals surface area contributed by atoms with E-state index in [4.69, 9.17) is 0 Å². The highest BCUT2D eigenvalue weighted by atomic mass is 15.2. The standard InChI is InChI=1S/C13H18N2/c1-2-4-11(5-3-1)13-10-15(9-8-14-13)12-6-7-12/h1-5,12-14H,6-10H2. The molecule has 0 radical (unpaired) electrons. The fraction of sp³-hybridized carbons (Fsp3) is 0.538. The van der Waals surface area contributed by atoms with Gasteiger partial charge in [0.15, 0.2) is 0 Å². The lowest BCUT2D eigenvalue weighted by atomic mass is 10.0. The minimum atomic E-state index is 0.542. The number of nitrogens with zero attached hydrogens (tertiary/aromatic N) is 1. The van der Waals surface area contributed by atoms with Gasteiger partial charge in [-0.1, -0.05) is 30.3 Å². The van der Waals surface area contributed by atoms with E-state index in [-0.39, 0.29) is 0 Å². The van der Waals surface area contributed by atoms with Crippen LogP contribution in [0.25, 0.3) is 0 Å². The first-order valence-electron chi connectivity index (χ1n) is 5.96. The number of hydrogen-bond acceptors (Lipinski definition) is 2. The highest BCUT2D eigenvalue weighted by Crippen LogP contribution is 2.29. The van der Waals surface area contributed by atoms with Crippen molar-refractivity contribution in [2.24, 2.45) is 0 Å². The number of benzene rings is 1. The molecule has 1 aromatic rings. The molecule has 2 fully saturated rings. The van der Waals surface area contributed by atoms with Gasteiger partial charge >= 0.3 is 0 Å². The Bertz CT molecular complexity index is 319. The van der Waals surface area contributed by atoms with Crippen molar-refractivity contribution in [1.29, 1.82) is 0 Å². The average Bonchev–Trinajstić information content (AvgIpc) is 3.14. The Balaban J connectivity index is 1.70. The summed E-state index contributed by atoms with van der Waals surface area (Å²) >= 11 is 0. The van der Waals surface area contributed by atoms with Crippen LogP contribution >= 0.6 is 0 Å². The fourth-order valence-electron chi connectivity index (χ4n) is 2.45. The summed E-state index contributed by atoms with van der Waals surface area (Å²) in [5, 5.41) is 3.61. The van der Waals surface area contributed by atoms with E-state index in [0.29, 0.717) is 6.04 Å². The molecule has 3 rings (SSSR count). The van der Waals surface area contributed by atoms with E-state index in [1.54, 1.807) is 0 Å². The molecule has 0 aromatic heterocycles. The Morgan fingerprint density at radius 1 is 1.13 bits per heavy atom. The average molecular weight is 202 g/mol. The third kappa shape index (κ3) is 2.06. The first kappa shape index (κ1) is 9.37. The van der Waals surface area contributed by atoms with E-state index >= 15 is 0 Å². The highest BCUT2D eigenvalue weighted by Gasteiger charge is 2.32. The van der Waals surface area contributed by atoms with Crippen molar-refractivity contribution in [3.63, 3.8) is 0 Å². The predicted molar refractivity (Wildman–Crippen MR) is 61.8 cm³/mol. The van der Waals surface area contributed by atoms with Crippen LogP contribution in [-0.4, -0.2) is 30.6 Å². The van der Waals surface area contributed by atoms with E-state index in [9.17, 15) is 0 Å². The van der Waals surface area contributed by atoms with E-state index in [1.807, 2.05) is 0 Å². The van der Waals surface area contributed by atoms with Gasteiger partial charge in [0, 0.05) is 31.7 Å². The quantitative estimate of drug-likeness (QED) is 0.786. The van der Waals surface area contributed by atoms with Crippen molar-refractivity contribution >= 4 is 0 Å². The van der Waals surface area contributed by atoms with Crippen LogP contribution in [0.4, 0.5) is 0 Å². The van der Waals surface area contributed by atoms with Crippen molar-refractivity contribution in [2.75, 3.05) is 19.6 Å². The maximum Gasteiger partial charge on any atom is 0.0449 e. The second kappa shape index (κ2) is 3.95. The molecule has 1 aromatic carbocycles. The maximum atomic E-state index is 3.61. The first-order chi connectivity index (χ1) is 7.43. The summed E-state index contributed by atoms with van der Waals surface area (Å²) in [6, 6.07) is 12.3. The largest absolute Gasteiger partial charge is 0.308 e. The number of piperazine rings is 1. The molecule has 2 heteroatoms. The Labute approximate surface area is 91.3 Å². The molecule has 1 saturated heterocycles. The number of hydrogen-bond donors (Lipinski definition) is 1. The molecule has 1 unspecified atom stereocenters. The molecule has 0 amide bonds. The van der Waals surface area contributed by atoms with Crippen LogP contribution in [0, 0.1) is 0 Å². The molecule has 1 aliphatic carbocycles.